The Bertz CT molecular complexity index is 1000. The highest BCUT2D eigenvalue weighted by Crippen LogP contribution is 2.32. The third-order valence-electron chi connectivity index (χ3n) is 4.29. The van der Waals surface area contributed by atoms with E-state index >= 15 is 0 Å². The van der Waals surface area contributed by atoms with E-state index in [0.29, 0.717) is 5.75 Å². The number of nitrogens with one attached hydrogen (secondary N) is 1. The number of benzene rings is 2. The molecule has 1 aliphatic rings. The van der Waals surface area contributed by atoms with Crippen LogP contribution in [0, 0.1) is 19.7 Å². The van der Waals surface area contributed by atoms with Crippen molar-refractivity contribution in [2.45, 2.75) is 13.8 Å². The molecule has 0 saturated carbocycles. The van der Waals surface area contributed by atoms with Crippen LogP contribution in [0.1, 0.15) is 16.7 Å². The molecule has 0 spiro atoms. The Kier molecular flexibility index (Phi) is 6.89. The van der Waals surface area contributed by atoms with Crippen molar-refractivity contribution in [2.75, 3.05) is 19.7 Å². The minimum atomic E-state index is -0.506. The molecule has 0 aliphatic carbocycles. The Hall–Kier alpha value is -3.13. The molecule has 8 heteroatoms. The maximum atomic E-state index is 13.8. The summed E-state index contributed by atoms with van der Waals surface area (Å²) in [6, 6.07) is 11.7. The summed E-state index contributed by atoms with van der Waals surface area (Å²) in [6.45, 7) is 3.83. The molecular formula is C22H21FN2O4S. The molecule has 2 aromatic carbocycles. The molecule has 30 heavy (non-hydrogen) atoms. The van der Waals surface area contributed by atoms with Gasteiger partial charge in [0.05, 0.1) is 4.91 Å². The standard InChI is InChI=1S/C22H21FN2O4S/c1-14-9-15(2)11-17(10-14)29-13-20(26)24-7-8-25-21(27)19(30-22(25)28)12-16-5-3-4-6-18(16)23/h3-6,9-12H,7-8,13H2,1-2H3,(H,24,26)/b19-12-. The molecule has 1 aliphatic heterocycles. The van der Waals surface area contributed by atoms with Gasteiger partial charge in [0, 0.05) is 18.7 Å². The summed E-state index contributed by atoms with van der Waals surface area (Å²) in [5.74, 6) is -0.732. The molecular weight excluding hydrogens is 407 g/mol. The van der Waals surface area contributed by atoms with Gasteiger partial charge in [0.15, 0.2) is 6.61 Å². The van der Waals surface area contributed by atoms with E-state index in [2.05, 4.69) is 5.32 Å². The van der Waals surface area contributed by atoms with E-state index in [-0.39, 0.29) is 36.1 Å². The molecule has 0 bridgehead atoms. The third-order valence-corrected chi connectivity index (χ3v) is 5.20. The van der Waals surface area contributed by atoms with Gasteiger partial charge in [-0.05, 0) is 61.0 Å². The van der Waals surface area contributed by atoms with Crippen molar-refractivity contribution >= 4 is 34.9 Å². The van der Waals surface area contributed by atoms with Gasteiger partial charge in [-0.2, -0.15) is 0 Å². The summed E-state index contributed by atoms with van der Waals surface area (Å²) < 4.78 is 19.3. The quantitative estimate of drug-likeness (QED) is 0.681. The van der Waals surface area contributed by atoms with Crippen LogP contribution in [0.5, 0.6) is 5.75 Å². The number of carbonyl (C=O) groups is 3. The summed E-state index contributed by atoms with van der Waals surface area (Å²) in [5.41, 5.74) is 2.31. The SMILES string of the molecule is Cc1cc(C)cc(OCC(=O)NCCN2C(=O)S/C(=C\c3ccccc3F)C2=O)c1. The van der Waals surface area contributed by atoms with E-state index in [9.17, 15) is 18.8 Å². The number of carbonyl (C=O) groups excluding carboxylic acids is 3. The van der Waals surface area contributed by atoms with Crippen molar-refractivity contribution in [2.24, 2.45) is 0 Å². The summed E-state index contributed by atoms with van der Waals surface area (Å²) in [4.78, 5) is 37.7. The first kappa shape index (κ1) is 21.6. The van der Waals surface area contributed by atoms with Crippen LogP contribution in [0.3, 0.4) is 0 Å². The van der Waals surface area contributed by atoms with Crippen molar-refractivity contribution < 1.29 is 23.5 Å². The second-order valence-electron chi connectivity index (χ2n) is 6.82. The normalized spacial score (nSPS) is 15.0. The fraction of sp³-hybridized carbons (Fsp3) is 0.227. The first-order valence-corrected chi connectivity index (χ1v) is 10.1. The molecule has 6 nitrogen and oxygen atoms in total. The lowest BCUT2D eigenvalue weighted by atomic mass is 10.1. The molecule has 0 unspecified atom stereocenters. The van der Waals surface area contributed by atoms with Crippen LogP contribution >= 0.6 is 11.8 Å². The van der Waals surface area contributed by atoms with Gasteiger partial charge in [0.1, 0.15) is 11.6 Å². The predicted molar refractivity (Wildman–Crippen MR) is 113 cm³/mol. The number of amides is 3. The Labute approximate surface area is 178 Å². The number of hydrogen-bond acceptors (Lipinski definition) is 5. The number of imide groups is 1. The lowest BCUT2D eigenvalue weighted by Crippen LogP contribution is -2.38. The van der Waals surface area contributed by atoms with E-state index in [4.69, 9.17) is 4.74 Å². The molecule has 1 saturated heterocycles. The first-order chi connectivity index (χ1) is 14.3. The molecule has 1 heterocycles. The highest BCUT2D eigenvalue weighted by Gasteiger charge is 2.34. The highest BCUT2D eigenvalue weighted by atomic mass is 32.2. The highest BCUT2D eigenvalue weighted by molar-refractivity contribution is 8.18. The zero-order valence-corrected chi connectivity index (χ0v) is 17.4. The van der Waals surface area contributed by atoms with Crippen LogP contribution in [-0.2, 0) is 9.59 Å². The number of aryl methyl sites for hydroxylation is 2. The van der Waals surface area contributed by atoms with Gasteiger partial charge in [-0.25, -0.2) is 4.39 Å². The van der Waals surface area contributed by atoms with Gasteiger partial charge in [0.2, 0.25) is 0 Å². The van der Waals surface area contributed by atoms with Gasteiger partial charge in [-0.15, -0.1) is 0 Å². The van der Waals surface area contributed by atoms with Crippen molar-refractivity contribution in [3.63, 3.8) is 0 Å². The maximum Gasteiger partial charge on any atom is 0.293 e. The van der Waals surface area contributed by atoms with Gasteiger partial charge in [-0.3, -0.25) is 19.3 Å². The van der Waals surface area contributed by atoms with Gasteiger partial charge in [0.25, 0.3) is 17.1 Å². The van der Waals surface area contributed by atoms with E-state index < -0.39 is 17.0 Å². The summed E-state index contributed by atoms with van der Waals surface area (Å²) >= 11 is 0.749. The maximum absolute atomic E-state index is 13.8. The fourth-order valence-electron chi connectivity index (χ4n) is 2.95. The monoisotopic (exact) mass is 428 g/mol. The van der Waals surface area contributed by atoms with Crippen molar-refractivity contribution in [1.29, 1.82) is 0 Å². The fourth-order valence-corrected chi connectivity index (χ4v) is 3.81. The molecule has 0 radical (unpaired) electrons. The Morgan fingerprint density at radius 3 is 2.57 bits per heavy atom. The number of thioether (sulfide) groups is 1. The lowest BCUT2D eigenvalue weighted by molar-refractivity contribution is -0.125. The number of ether oxygens (including phenoxy) is 1. The molecule has 3 amide bonds. The third kappa shape index (κ3) is 5.48. The van der Waals surface area contributed by atoms with Crippen LogP contribution in [-0.4, -0.2) is 41.6 Å². The van der Waals surface area contributed by atoms with Crippen molar-refractivity contribution in [3.05, 3.63) is 69.9 Å². The smallest absolute Gasteiger partial charge is 0.293 e. The minimum Gasteiger partial charge on any atom is -0.484 e. The Morgan fingerprint density at radius 2 is 1.87 bits per heavy atom. The molecule has 2 aromatic rings. The average Bonchev–Trinajstić information content (AvgIpc) is 2.95. The molecule has 0 atom stereocenters. The van der Waals surface area contributed by atoms with Crippen LogP contribution in [0.25, 0.3) is 6.08 Å². The molecule has 156 valence electrons. The number of rotatable bonds is 7. The van der Waals surface area contributed by atoms with E-state index in [1.165, 1.54) is 18.2 Å². The van der Waals surface area contributed by atoms with Crippen LogP contribution in [0.4, 0.5) is 9.18 Å². The van der Waals surface area contributed by atoms with E-state index in [0.717, 1.165) is 27.8 Å². The molecule has 0 aromatic heterocycles. The summed E-state index contributed by atoms with van der Waals surface area (Å²) in [7, 11) is 0. The van der Waals surface area contributed by atoms with Gasteiger partial charge in [-0.1, -0.05) is 24.3 Å². The van der Waals surface area contributed by atoms with Gasteiger partial charge < -0.3 is 10.1 Å². The lowest BCUT2D eigenvalue weighted by Gasteiger charge is -2.13. The number of nitrogens with zero attached hydrogens (tertiary/aromatic N) is 1. The van der Waals surface area contributed by atoms with Crippen molar-refractivity contribution in [1.82, 2.24) is 10.2 Å². The Balaban J connectivity index is 1.49. The Morgan fingerprint density at radius 1 is 1.17 bits per heavy atom. The zero-order valence-electron chi connectivity index (χ0n) is 16.6. The topological polar surface area (TPSA) is 75.7 Å². The zero-order chi connectivity index (χ0) is 21.7. The number of hydrogen-bond donors (Lipinski definition) is 1. The van der Waals surface area contributed by atoms with E-state index in [1.54, 1.807) is 12.1 Å². The summed E-state index contributed by atoms with van der Waals surface area (Å²) in [6.07, 6.45) is 1.36. The number of halogens is 1. The molecule has 1 fully saturated rings. The minimum absolute atomic E-state index is 0.0224. The van der Waals surface area contributed by atoms with E-state index in [1.807, 2.05) is 32.0 Å². The second kappa shape index (κ2) is 9.58. The molecule has 3 rings (SSSR count). The van der Waals surface area contributed by atoms with Crippen LogP contribution < -0.4 is 10.1 Å². The largest absolute Gasteiger partial charge is 0.484 e. The molecule has 1 N–H and O–H groups in total. The predicted octanol–water partition coefficient (Wildman–Crippen LogP) is 3.67. The first-order valence-electron chi connectivity index (χ1n) is 9.31. The van der Waals surface area contributed by atoms with Crippen molar-refractivity contribution in [3.8, 4) is 5.75 Å². The van der Waals surface area contributed by atoms with Crippen LogP contribution in [0.15, 0.2) is 47.4 Å². The van der Waals surface area contributed by atoms with Gasteiger partial charge >= 0.3 is 0 Å². The summed E-state index contributed by atoms with van der Waals surface area (Å²) in [5, 5.41) is 2.17. The average molecular weight is 428 g/mol. The second-order valence-corrected chi connectivity index (χ2v) is 7.81. The van der Waals surface area contributed by atoms with Crippen LogP contribution in [0.2, 0.25) is 0 Å².